The lowest BCUT2D eigenvalue weighted by atomic mass is 10.1. The summed E-state index contributed by atoms with van der Waals surface area (Å²) in [5.74, 6) is -1.50. The number of furan rings is 1. The molecule has 3 heterocycles. The summed E-state index contributed by atoms with van der Waals surface area (Å²) in [6, 6.07) is 10.3. The Morgan fingerprint density at radius 1 is 1.05 bits per heavy atom. The number of carbonyl (C=O) groups excluding carboxylic acids is 1. The number of aromatic nitrogens is 2. The fraction of sp³-hybridized carbons (Fsp3) is 0.240. The first-order valence-electron chi connectivity index (χ1n) is 11.4. The van der Waals surface area contributed by atoms with E-state index in [2.05, 4.69) is 20.6 Å². The number of sulfone groups is 1. The lowest BCUT2D eigenvalue weighted by molar-refractivity contribution is -0.137. The molecule has 0 radical (unpaired) electrons. The molecule has 198 valence electrons. The minimum Gasteiger partial charge on any atom is -0.445 e. The van der Waals surface area contributed by atoms with E-state index in [1.807, 2.05) is 0 Å². The molecule has 0 unspecified atom stereocenters. The number of fused-ring (bicyclic) bond motifs is 1. The van der Waals surface area contributed by atoms with Gasteiger partial charge in [-0.1, -0.05) is 0 Å². The molecule has 5 rings (SSSR count). The van der Waals surface area contributed by atoms with E-state index < -0.39 is 44.7 Å². The molecule has 38 heavy (non-hydrogen) atoms. The van der Waals surface area contributed by atoms with Crippen LogP contribution in [0.3, 0.4) is 0 Å². The summed E-state index contributed by atoms with van der Waals surface area (Å²) in [4.78, 5) is 20.9. The molecule has 0 saturated heterocycles. The summed E-state index contributed by atoms with van der Waals surface area (Å²) in [7, 11) is -3.95. The van der Waals surface area contributed by atoms with Gasteiger partial charge < -0.3 is 9.73 Å². The molecule has 0 spiro atoms. The Bertz CT molecular complexity index is 1610. The first kappa shape index (κ1) is 25.8. The molecule has 4 aromatic rings. The van der Waals surface area contributed by atoms with Gasteiger partial charge in [-0.15, -0.1) is 0 Å². The summed E-state index contributed by atoms with van der Waals surface area (Å²) >= 11 is 0. The van der Waals surface area contributed by atoms with Gasteiger partial charge in [-0.25, -0.2) is 12.8 Å². The van der Waals surface area contributed by atoms with Crippen molar-refractivity contribution in [2.24, 2.45) is 0 Å². The fourth-order valence-corrected chi connectivity index (χ4v) is 4.99. The summed E-state index contributed by atoms with van der Waals surface area (Å²) in [5.41, 5.74) is -0.430. The lowest BCUT2D eigenvalue weighted by Gasteiger charge is -2.17. The van der Waals surface area contributed by atoms with Gasteiger partial charge in [0.25, 0.3) is 0 Å². The first-order chi connectivity index (χ1) is 18.0. The largest absolute Gasteiger partial charge is 0.445 e. The van der Waals surface area contributed by atoms with Crippen molar-refractivity contribution in [1.29, 1.82) is 0 Å². The lowest BCUT2D eigenvalue weighted by Crippen LogP contribution is -2.47. The van der Waals surface area contributed by atoms with Gasteiger partial charge in [-0.05, 0) is 55.3 Å². The van der Waals surface area contributed by atoms with E-state index in [0.717, 1.165) is 24.4 Å². The van der Waals surface area contributed by atoms with E-state index in [1.54, 1.807) is 12.1 Å². The van der Waals surface area contributed by atoms with E-state index in [-0.39, 0.29) is 17.2 Å². The molecule has 1 aliphatic rings. The van der Waals surface area contributed by atoms with Crippen molar-refractivity contribution in [2.75, 3.05) is 5.88 Å². The van der Waals surface area contributed by atoms with Crippen molar-refractivity contribution < 1.29 is 35.2 Å². The van der Waals surface area contributed by atoms with Crippen LogP contribution >= 0.6 is 0 Å². The number of nitrogens with zero attached hydrogens (tertiary/aromatic N) is 2. The van der Waals surface area contributed by atoms with Crippen molar-refractivity contribution in [1.82, 2.24) is 20.6 Å². The van der Waals surface area contributed by atoms with Crippen LogP contribution in [0.15, 0.2) is 70.4 Å². The number of nitrogens with one attached hydrogen (secondary N) is 2. The van der Waals surface area contributed by atoms with Crippen molar-refractivity contribution in [2.45, 2.75) is 36.2 Å². The molecule has 2 N–H and O–H groups in total. The van der Waals surface area contributed by atoms with Crippen molar-refractivity contribution in [3.63, 3.8) is 0 Å². The minimum absolute atomic E-state index is 0.0125. The minimum atomic E-state index is -4.49. The highest BCUT2D eigenvalue weighted by Crippen LogP contribution is 2.36. The van der Waals surface area contributed by atoms with Crippen LogP contribution < -0.4 is 10.6 Å². The topological polar surface area (TPSA) is 114 Å². The number of alkyl halides is 3. The van der Waals surface area contributed by atoms with Crippen LogP contribution in [-0.2, 0) is 27.4 Å². The van der Waals surface area contributed by atoms with Crippen LogP contribution in [0, 0.1) is 5.82 Å². The van der Waals surface area contributed by atoms with Crippen LogP contribution in [0.5, 0.6) is 0 Å². The molecule has 3 aromatic heterocycles. The molecule has 1 amide bonds. The van der Waals surface area contributed by atoms with Crippen LogP contribution in [0.2, 0.25) is 0 Å². The normalized spacial score (nSPS) is 14.9. The average Bonchev–Trinajstić information content (AvgIpc) is 3.56. The van der Waals surface area contributed by atoms with Crippen LogP contribution in [0.4, 0.5) is 17.6 Å². The smallest absolute Gasteiger partial charge is 0.417 e. The zero-order valence-electron chi connectivity index (χ0n) is 19.5. The van der Waals surface area contributed by atoms with Gasteiger partial charge in [0.05, 0.1) is 29.0 Å². The Hall–Kier alpha value is -3.84. The Morgan fingerprint density at radius 2 is 1.84 bits per heavy atom. The average molecular weight is 549 g/mol. The number of hydrogen-bond donors (Lipinski definition) is 2. The van der Waals surface area contributed by atoms with E-state index in [0.29, 0.717) is 35.2 Å². The highest BCUT2D eigenvalue weighted by atomic mass is 32.2. The summed E-state index contributed by atoms with van der Waals surface area (Å²) < 4.78 is 82.6. The molecular formula is C25H20F4N4O4S. The molecule has 1 saturated carbocycles. The summed E-state index contributed by atoms with van der Waals surface area (Å²) in [6.07, 6.45) is -1.45. The SMILES string of the molecule is O=C(NCc1cc(-c2ccc(C(F)(F)F)cn2)ccn1)C1(NCS(=O)(=O)c2cc3cc(F)ccc3o2)CC1. The summed E-state index contributed by atoms with van der Waals surface area (Å²) in [6.45, 7) is 0.0125. The highest BCUT2D eigenvalue weighted by Gasteiger charge is 2.50. The number of pyridine rings is 2. The molecule has 1 aliphatic carbocycles. The number of halogens is 4. The van der Waals surface area contributed by atoms with Crippen LogP contribution in [0.1, 0.15) is 24.1 Å². The Kier molecular flexibility index (Phi) is 6.43. The second kappa shape index (κ2) is 9.48. The third-order valence-electron chi connectivity index (χ3n) is 6.18. The Labute approximate surface area is 214 Å². The third kappa shape index (κ3) is 5.38. The van der Waals surface area contributed by atoms with Crippen molar-refractivity contribution >= 4 is 26.7 Å². The van der Waals surface area contributed by atoms with Gasteiger partial charge in [-0.3, -0.25) is 20.1 Å². The quantitative estimate of drug-likeness (QED) is 0.317. The van der Waals surface area contributed by atoms with Gasteiger partial charge in [0.1, 0.15) is 17.3 Å². The molecule has 0 aliphatic heterocycles. The predicted molar refractivity (Wildman–Crippen MR) is 128 cm³/mol. The van der Waals surface area contributed by atoms with Gasteiger partial charge in [-0.2, -0.15) is 13.2 Å². The van der Waals surface area contributed by atoms with E-state index in [1.165, 1.54) is 24.4 Å². The van der Waals surface area contributed by atoms with Gasteiger partial charge in [0.15, 0.2) is 0 Å². The predicted octanol–water partition coefficient (Wildman–Crippen LogP) is 4.22. The number of rotatable bonds is 8. The molecule has 0 bridgehead atoms. The standard InChI is InChI=1S/C25H20F4N4O4S/c26-18-2-4-21-16(9-18)11-22(37-21)38(35,36)14-33-24(6-7-24)23(34)32-13-19-10-15(5-8-30-19)20-3-1-17(12-31-20)25(27,28)29/h1-5,8-12,33H,6-7,13-14H2,(H,32,34). The number of amides is 1. The molecule has 13 heteroatoms. The highest BCUT2D eigenvalue weighted by molar-refractivity contribution is 7.91. The summed E-state index contributed by atoms with van der Waals surface area (Å²) in [5, 5.41) is 5.49. The van der Waals surface area contributed by atoms with Crippen LogP contribution in [-0.4, -0.2) is 35.7 Å². The molecular weight excluding hydrogens is 528 g/mol. The van der Waals surface area contributed by atoms with Gasteiger partial charge in [0, 0.05) is 29.4 Å². The first-order valence-corrected chi connectivity index (χ1v) is 13.0. The van der Waals surface area contributed by atoms with E-state index >= 15 is 0 Å². The van der Waals surface area contributed by atoms with E-state index in [9.17, 15) is 30.8 Å². The Balaban J connectivity index is 1.21. The van der Waals surface area contributed by atoms with Crippen molar-refractivity contribution in [3.8, 4) is 11.3 Å². The number of hydrogen-bond acceptors (Lipinski definition) is 7. The van der Waals surface area contributed by atoms with Gasteiger partial charge in [0.2, 0.25) is 20.8 Å². The fourth-order valence-electron chi connectivity index (χ4n) is 3.86. The molecule has 8 nitrogen and oxygen atoms in total. The number of benzene rings is 1. The molecule has 0 atom stereocenters. The zero-order valence-corrected chi connectivity index (χ0v) is 20.4. The van der Waals surface area contributed by atoms with Crippen LogP contribution in [0.25, 0.3) is 22.2 Å². The number of carbonyl (C=O) groups is 1. The molecule has 1 aromatic carbocycles. The maximum absolute atomic E-state index is 13.4. The van der Waals surface area contributed by atoms with Crippen molar-refractivity contribution in [3.05, 3.63) is 78.0 Å². The second-order valence-electron chi connectivity index (χ2n) is 8.91. The third-order valence-corrected chi connectivity index (χ3v) is 7.52. The Morgan fingerprint density at radius 3 is 2.53 bits per heavy atom. The van der Waals surface area contributed by atoms with E-state index in [4.69, 9.17) is 4.42 Å². The zero-order chi connectivity index (χ0) is 27.1. The maximum atomic E-state index is 13.4. The maximum Gasteiger partial charge on any atom is 0.417 e. The molecule has 1 fully saturated rings. The van der Waals surface area contributed by atoms with Gasteiger partial charge >= 0.3 is 6.18 Å². The monoisotopic (exact) mass is 548 g/mol. The second-order valence-corrected chi connectivity index (χ2v) is 10.8.